The molecule has 0 aromatic carbocycles. The van der Waals surface area contributed by atoms with Gasteiger partial charge in [-0.1, -0.05) is 0 Å². The Morgan fingerprint density at radius 3 is 2.70 bits per heavy atom. The average Bonchev–Trinajstić information content (AvgIpc) is 3.03. The van der Waals surface area contributed by atoms with E-state index < -0.39 is 35.9 Å². The number of ether oxygens (including phenoxy) is 1. The third-order valence-electron chi connectivity index (χ3n) is 2.76. The number of carbonyl (C=O) groups is 3. The van der Waals surface area contributed by atoms with Gasteiger partial charge in [-0.3, -0.25) is 9.59 Å². The predicted octanol–water partition coefficient (Wildman–Crippen LogP) is 0.143. The van der Waals surface area contributed by atoms with E-state index in [-0.39, 0.29) is 18.6 Å². The number of nitrogens with one attached hydrogen (secondary N) is 2. The maximum absolute atomic E-state index is 12.0. The van der Waals surface area contributed by atoms with E-state index in [1.165, 1.54) is 6.20 Å². The highest BCUT2D eigenvalue weighted by atomic mass is 16.5. The standard InChI is InChI=1S/C14H19N3O6/c1-8(2)23-14(21)10(4-3-9(18)5-15)17-13(20)12(19)11-6-16-7-22-11/h5-8,10,12,15,19H,3-4H2,1-2H3,(H,17,20)/t10-,12+/m0/s1. The number of ketones is 1. The normalized spacial score (nSPS) is 13.2. The summed E-state index contributed by atoms with van der Waals surface area (Å²) in [4.78, 5) is 38.7. The zero-order valence-electron chi connectivity index (χ0n) is 12.8. The monoisotopic (exact) mass is 325 g/mol. The second kappa shape index (κ2) is 8.79. The Morgan fingerprint density at radius 2 is 2.17 bits per heavy atom. The molecule has 0 saturated heterocycles. The van der Waals surface area contributed by atoms with Crippen molar-refractivity contribution in [3.05, 3.63) is 18.4 Å². The lowest BCUT2D eigenvalue weighted by atomic mass is 10.1. The van der Waals surface area contributed by atoms with Gasteiger partial charge in [0.15, 0.2) is 24.0 Å². The first kappa shape index (κ1) is 18.5. The van der Waals surface area contributed by atoms with Crippen molar-refractivity contribution in [3.8, 4) is 0 Å². The van der Waals surface area contributed by atoms with E-state index in [4.69, 9.17) is 14.6 Å². The number of nitrogens with zero attached hydrogens (tertiary/aromatic N) is 1. The molecule has 0 radical (unpaired) electrons. The van der Waals surface area contributed by atoms with Crippen LogP contribution in [0, 0.1) is 5.41 Å². The Balaban J connectivity index is 2.74. The summed E-state index contributed by atoms with van der Waals surface area (Å²) in [6.07, 6.45) is 0.665. The minimum absolute atomic E-state index is 0.0470. The van der Waals surface area contributed by atoms with Crippen LogP contribution in [0.15, 0.2) is 17.0 Å². The van der Waals surface area contributed by atoms with Crippen molar-refractivity contribution in [1.29, 1.82) is 5.41 Å². The van der Waals surface area contributed by atoms with Gasteiger partial charge < -0.3 is 25.0 Å². The lowest BCUT2D eigenvalue weighted by Gasteiger charge is -2.19. The van der Waals surface area contributed by atoms with E-state index in [9.17, 15) is 19.5 Å². The fourth-order valence-corrected chi connectivity index (χ4v) is 1.66. The molecule has 1 heterocycles. The Morgan fingerprint density at radius 1 is 1.48 bits per heavy atom. The Labute approximate surface area is 132 Å². The van der Waals surface area contributed by atoms with Gasteiger partial charge in [-0.05, 0) is 20.3 Å². The SMILES string of the molecule is CC(C)OC(=O)[C@H](CCC(=O)C=N)NC(=O)[C@H](O)c1cnco1. The Hall–Kier alpha value is -2.55. The molecule has 1 aromatic heterocycles. The number of aliphatic hydroxyl groups is 1. The van der Waals surface area contributed by atoms with E-state index in [1.54, 1.807) is 13.8 Å². The predicted molar refractivity (Wildman–Crippen MR) is 77.6 cm³/mol. The Bertz CT molecular complexity index is 555. The van der Waals surface area contributed by atoms with Crippen LogP contribution in [-0.4, -0.2) is 46.1 Å². The first-order valence-electron chi connectivity index (χ1n) is 6.95. The van der Waals surface area contributed by atoms with Gasteiger partial charge in [0.25, 0.3) is 5.91 Å². The van der Waals surface area contributed by atoms with E-state index in [2.05, 4.69) is 10.3 Å². The molecule has 2 atom stereocenters. The van der Waals surface area contributed by atoms with Gasteiger partial charge in [0.2, 0.25) is 0 Å². The van der Waals surface area contributed by atoms with Gasteiger partial charge in [-0.15, -0.1) is 0 Å². The molecule has 0 spiro atoms. The first-order valence-corrected chi connectivity index (χ1v) is 6.95. The van der Waals surface area contributed by atoms with Crippen LogP contribution in [-0.2, 0) is 19.1 Å². The van der Waals surface area contributed by atoms with Crippen LogP contribution in [0.1, 0.15) is 38.6 Å². The number of hydrogen-bond donors (Lipinski definition) is 3. The fraction of sp³-hybridized carbons (Fsp3) is 0.500. The van der Waals surface area contributed by atoms with Gasteiger partial charge in [0.1, 0.15) is 6.04 Å². The summed E-state index contributed by atoms with van der Waals surface area (Å²) in [6, 6.07) is -1.12. The summed E-state index contributed by atoms with van der Waals surface area (Å²) in [7, 11) is 0. The maximum atomic E-state index is 12.0. The van der Waals surface area contributed by atoms with Crippen LogP contribution < -0.4 is 5.32 Å². The van der Waals surface area contributed by atoms with E-state index in [1.807, 2.05) is 0 Å². The maximum Gasteiger partial charge on any atom is 0.328 e. The zero-order chi connectivity index (χ0) is 17.4. The molecule has 0 unspecified atom stereocenters. The van der Waals surface area contributed by atoms with Crippen LogP contribution in [0.4, 0.5) is 0 Å². The van der Waals surface area contributed by atoms with Gasteiger partial charge in [0.05, 0.1) is 18.5 Å². The highest BCUT2D eigenvalue weighted by molar-refractivity contribution is 6.26. The number of rotatable bonds is 9. The van der Waals surface area contributed by atoms with Crippen molar-refractivity contribution in [2.24, 2.45) is 0 Å². The van der Waals surface area contributed by atoms with Crippen molar-refractivity contribution >= 4 is 23.9 Å². The van der Waals surface area contributed by atoms with Crippen LogP contribution in [0.25, 0.3) is 0 Å². The number of oxazole rings is 1. The van der Waals surface area contributed by atoms with Crippen molar-refractivity contribution in [2.75, 3.05) is 0 Å². The Kier molecular flexibility index (Phi) is 7.07. The number of aliphatic hydroxyl groups excluding tert-OH is 1. The highest BCUT2D eigenvalue weighted by Gasteiger charge is 2.28. The summed E-state index contributed by atoms with van der Waals surface area (Å²) < 4.78 is 9.83. The number of Topliss-reactive ketones (excluding diaryl/α,β-unsaturated/α-hetero) is 1. The zero-order valence-corrected chi connectivity index (χ0v) is 12.8. The van der Waals surface area contributed by atoms with Crippen molar-refractivity contribution in [1.82, 2.24) is 10.3 Å². The van der Waals surface area contributed by atoms with Crippen LogP contribution >= 0.6 is 0 Å². The quantitative estimate of drug-likeness (QED) is 0.433. The molecule has 0 aliphatic heterocycles. The van der Waals surface area contributed by atoms with Gasteiger partial charge in [-0.25, -0.2) is 9.78 Å². The van der Waals surface area contributed by atoms with Crippen LogP contribution in [0.5, 0.6) is 0 Å². The number of carbonyl (C=O) groups excluding carboxylic acids is 3. The van der Waals surface area contributed by atoms with E-state index in [0.717, 1.165) is 6.39 Å². The average molecular weight is 325 g/mol. The van der Waals surface area contributed by atoms with Gasteiger partial charge in [0, 0.05) is 6.42 Å². The number of amides is 1. The lowest BCUT2D eigenvalue weighted by molar-refractivity contribution is -0.152. The van der Waals surface area contributed by atoms with Crippen molar-refractivity contribution in [2.45, 2.75) is 44.9 Å². The topological polar surface area (TPSA) is 143 Å². The molecule has 0 fully saturated rings. The molecule has 23 heavy (non-hydrogen) atoms. The van der Waals surface area contributed by atoms with Crippen molar-refractivity contribution in [3.63, 3.8) is 0 Å². The molecule has 0 aliphatic carbocycles. The second-order valence-corrected chi connectivity index (χ2v) is 5.00. The molecular weight excluding hydrogens is 306 g/mol. The summed E-state index contributed by atoms with van der Waals surface area (Å²) in [6.45, 7) is 3.28. The molecule has 1 aromatic rings. The smallest absolute Gasteiger partial charge is 0.328 e. The fourth-order valence-electron chi connectivity index (χ4n) is 1.66. The number of esters is 1. The summed E-state index contributed by atoms with van der Waals surface area (Å²) in [5, 5.41) is 19.0. The molecule has 0 saturated carbocycles. The van der Waals surface area contributed by atoms with E-state index in [0.29, 0.717) is 6.21 Å². The molecule has 1 rings (SSSR count). The molecule has 0 bridgehead atoms. The minimum atomic E-state index is -1.63. The molecular formula is C14H19N3O6. The largest absolute Gasteiger partial charge is 0.461 e. The third-order valence-corrected chi connectivity index (χ3v) is 2.76. The molecule has 126 valence electrons. The third kappa shape index (κ3) is 5.99. The minimum Gasteiger partial charge on any atom is -0.461 e. The van der Waals surface area contributed by atoms with Crippen molar-refractivity contribution < 1.29 is 28.6 Å². The molecule has 9 heteroatoms. The number of aromatic nitrogens is 1. The van der Waals surface area contributed by atoms with E-state index >= 15 is 0 Å². The summed E-state index contributed by atoms with van der Waals surface area (Å²) >= 11 is 0. The molecule has 3 N–H and O–H groups in total. The van der Waals surface area contributed by atoms with Gasteiger partial charge in [-0.2, -0.15) is 0 Å². The first-order chi connectivity index (χ1) is 10.8. The molecule has 9 nitrogen and oxygen atoms in total. The summed E-state index contributed by atoms with van der Waals surface area (Å²) in [5.41, 5.74) is 0. The second-order valence-electron chi connectivity index (χ2n) is 5.00. The highest BCUT2D eigenvalue weighted by Crippen LogP contribution is 2.13. The molecule has 0 aliphatic rings. The summed E-state index contributed by atoms with van der Waals surface area (Å²) in [5.74, 6) is -2.17. The van der Waals surface area contributed by atoms with Crippen LogP contribution in [0.2, 0.25) is 0 Å². The lowest BCUT2D eigenvalue weighted by Crippen LogP contribution is -2.44. The van der Waals surface area contributed by atoms with Gasteiger partial charge >= 0.3 is 5.97 Å². The number of hydrogen-bond acceptors (Lipinski definition) is 8. The van der Waals surface area contributed by atoms with Crippen LogP contribution in [0.3, 0.4) is 0 Å². The molecule has 1 amide bonds.